The monoisotopic (exact) mass is 432 g/mol. The summed E-state index contributed by atoms with van der Waals surface area (Å²) in [6, 6.07) is 12.3. The molecule has 3 heterocycles. The lowest BCUT2D eigenvalue weighted by Crippen LogP contribution is -2.08. The molecule has 9 heteroatoms. The summed E-state index contributed by atoms with van der Waals surface area (Å²) in [7, 11) is 0. The van der Waals surface area contributed by atoms with Gasteiger partial charge in [0.25, 0.3) is 0 Å². The smallest absolute Gasteiger partial charge is 0.217 e. The second-order valence-electron chi connectivity index (χ2n) is 7.90. The summed E-state index contributed by atoms with van der Waals surface area (Å²) < 4.78 is 3.98. The number of hydrogen-bond donors (Lipinski definition) is 1. The quantitative estimate of drug-likeness (QED) is 0.381. The van der Waals surface area contributed by atoms with E-state index in [4.69, 9.17) is 0 Å². The van der Waals surface area contributed by atoms with Crippen LogP contribution in [0, 0.1) is 6.92 Å². The molecule has 3 aromatic heterocycles. The molecule has 0 saturated carbocycles. The van der Waals surface area contributed by atoms with Crippen LogP contribution in [0.2, 0.25) is 0 Å². The van der Waals surface area contributed by atoms with E-state index in [9.17, 15) is 4.79 Å². The van der Waals surface area contributed by atoms with Gasteiger partial charge in [-0.1, -0.05) is 32.4 Å². The molecule has 0 spiro atoms. The average Bonchev–Trinajstić information content (AvgIpc) is 3.53. The first-order chi connectivity index (χ1) is 15.6. The number of carbonyl (C=O) groups is 1. The highest BCUT2D eigenvalue weighted by Gasteiger charge is 2.16. The molecule has 0 bridgehead atoms. The predicted octanol–water partition coefficient (Wildman–Crippen LogP) is 3.93. The van der Waals surface area contributed by atoms with E-state index >= 15 is 0 Å². The maximum Gasteiger partial charge on any atom is 0.217 e. The van der Waals surface area contributed by atoms with Gasteiger partial charge in [0.05, 0.1) is 12.2 Å². The van der Waals surface area contributed by atoms with E-state index in [1.54, 1.807) is 0 Å². The van der Waals surface area contributed by atoms with Gasteiger partial charge in [-0.3, -0.25) is 4.79 Å². The zero-order valence-corrected chi connectivity index (χ0v) is 18.7. The summed E-state index contributed by atoms with van der Waals surface area (Å²) >= 11 is 0. The molecule has 9 nitrogen and oxygen atoms in total. The fourth-order valence-corrected chi connectivity index (χ4v) is 3.74. The molecule has 166 valence electrons. The maximum atomic E-state index is 12.3. The van der Waals surface area contributed by atoms with Crippen LogP contribution < -0.4 is 0 Å². The van der Waals surface area contributed by atoms with Gasteiger partial charge in [0.1, 0.15) is 5.82 Å². The van der Waals surface area contributed by atoms with Crippen LogP contribution in [0.4, 0.5) is 0 Å². The zero-order chi connectivity index (χ0) is 22.5. The minimum absolute atomic E-state index is 0.0110. The van der Waals surface area contributed by atoms with Crippen molar-refractivity contribution >= 4 is 5.78 Å². The molecular weight excluding hydrogens is 404 g/mol. The minimum Gasteiger partial charge on any atom is -0.311 e. The van der Waals surface area contributed by atoms with Crippen molar-refractivity contribution in [2.45, 2.75) is 59.4 Å². The molecule has 0 aliphatic rings. The first-order valence-electron chi connectivity index (χ1n) is 11.1. The van der Waals surface area contributed by atoms with E-state index < -0.39 is 0 Å². The Balaban J connectivity index is 1.59. The van der Waals surface area contributed by atoms with Crippen molar-refractivity contribution in [3.63, 3.8) is 0 Å². The van der Waals surface area contributed by atoms with Gasteiger partial charge in [0, 0.05) is 24.2 Å². The molecular formula is C23H28N8O. The van der Waals surface area contributed by atoms with Crippen LogP contribution in [-0.2, 0) is 13.0 Å². The van der Waals surface area contributed by atoms with Crippen molar-refractivity contribution in [2.24, 2.45) is 0 Å². The predicted molar refractivity (Wildman–Crippen MR) is 121 cm³/mol. The van der Waals surface area contributed by atoms with Crippen LogP contribution >= 0.6 is 0 Å². The van der Waals surface area contributed by atoms with Crippen molar-refractivity contribution in [1.82, 2.24) is 40.0 Å². The number of ketones is 1. The van der Waals surface area contributed by atoms with E-state index in [1.165, 1.54) is 0 Å². The van der Waals surface area contributed by atoms with Gasteiger partial charge in [0.15, 0.2) is 5.82 Å². The molecule has 0 unspecified atom stereocenters. The highest BCUT2D eigenvalue weighted by Crippen LogP contribution is 2.24. The van der Waals surface area contributed by atoms with Crippen molar-refractivity contribution in [1.29, 1.82) is 0 Å². The Morgan fingerprint density at radius 2 is 1.88 bits per heavy atom. The van der Waals surface area contributed by atoms with Gasteiger partial charge in [-0.25, -0.2) is 14.8 Å². The summed E-state index contributed by atoms with van der Waals surface area (Å²) in [6.07, 6.45) is 4.18. The number of hydrogen-bond acceptors (Lipinski definition) is 6. The lowest BCUT2D eigenvalue weighted by molar-refractivity contribution is 0.0971. The minimum atomic E-state index is 0.0110. The molecule has 0 atom stereocenters. The Morgan fingerprint density at radius 3 is 2.56 bits per heavy atom. The number of nitrogens with one attached hydrogen (secondary N) is 1. The molecule has 0 radical (unpaired) electrons. The van der Waals surface area contributed by atoms with Gasteiger partial charge in [0.2, 0.25) is 11.6 Å². The normalized spacial score (nSPS) is 11.2. The lowest BCUT2D eigenvalue weighted by atomic mass is 10.2. The number of aromatic nitrogens is 8. The standard InChI is InChI=1S/C23H28N8O/c1-4-6-8-21-24-23(20(32)7-5-2)27-30(21)15-17-10-12-18(13-11-17)31-16(3)9-14-19(31)22-25-28-29-26-22/h9-14H,4-8,15H2,1-3H3,(H,25,26,28,29). The zero-order valence-electron chi connectivity index (χ0n) is 18.7. The first kappa shape index (κ1) is 21.6. The Hall–Kier alpha value is -3.62. The SMILES string of the molecule is CCCCc1nc(C(=O)CCC)nn1Cc1ccc(-n2c(C)ccc2-c2nnn[nH]2)cc1. The number of Topliss-reactive ketones (excluding diaryl/α,β-unsaturated/α-hetero) is 1. The fourth-order valence-electron chi connectivity index (χ4n) is 3.74. The second kappa shape index (κ2) is 9.67. The lowest BCUT2D eigenvalue weighted by Gasteiger charge is -2.11. The fraction of sp³-hybridized carbons (Fsp3) is 0.391. The summed E-state index contributed by atoms with van der Waals surface area (Å²) in [6.45, 7) is 6.76. The molecule has 1 N–H and O–H groups in total. The third-order valence-electron chi connectivity index (χ3n) is 5.42. The summed E-state index contributed by atoms with van der Waals surface area (Å²) in [5.74, 6) is 1.84. The second-order valence-corrected chi connectivity index (χ2v) is 7.90. The number of tetrazole rings is 1. The highest BCUT2D eigenvalue weighted by atomic mass is 16.1. The summed E-state index contributed by atoms with van der Waals surface area (Å²) in [4.78, 5) is 16.9. The first-order valence-corrected chi connectivity index (χ1v) is 11.1. The largest absolute Gasteiger partial charge is 0.311 e. The Morgan fingerprint density at radius 1 is 1.06 bits per heavy atom. The van der Waals surface area contributed by atoms with E-state index in [-0.39, 0.29) is 5.78 Å². The average molecular weight is 433 g/mol. The molecule has 32 heavy (non-hydrogen) atoms. The Bertz CT molecular complexity index is 1170. The molecule has 4 rings (SSSR count). The van der Waals surface area contributed by atoms with Gasteiger partial charge in [-0.15, -0.1) is 10.2 Å². The number of rotatable bonds is 10. The summed E-state index contributed by atoms with van der Waals surface area (Å²) in [5, 5.41) is 18.8. The van der Waals surface area contributed by atoms with Crippen molar-refractivity contribution in [3.05, 3.63) is 59.3 Å². The van der Waals surface area contributed by atoms with E-state index in [2.05, 4.69) is 66.5 Å². The number of carbonyl (C=O) groups excluding carboxylic acids is 1. The topological polar surface area (TPSA) is 107 Å². The molecule has 0 fully saturated rings. The van der Waals surface area contributed by atoms with Gasteiger partial charge < -0.3 is 4.57 Å². The molecule has 0 saturated heterocycles. The Kier molecular flexibility index (Phi) is 6.53. The highest BCUT2D eigenvalue weighted by molar-refractivity contribution is 5.92. The van der Waals surface area contributed by atoms with Crippen LogP contribution in [0.5, 0.6) is 0 Å². The molecule has 1 aromatic carbocycles. The van der Waals surface area contributed by atoms with Gasteiger partial charge >= 0.3 is 0 Å². The number of benzene rings is 1. The van der Waals surface area contributed by atoms with Gasteiger partial charge in [-0.05, 0) is 60.0 Å². The Labute approximate surface area is 186 Å². The van der Waals surface area contributed by atoms with Crippen molar-refractivity contribution in [2.75, 3.05) is 0 Å². The van der Waals surface area contributed by atoms with Gasteiger partial charge in [-0.2, -0.15) is 0 Å². The molecule has 0 amide bonds. The molecule has 0 aliphatic heterocycles. The molecule has 4 aromatic rings. The van der Waals surface area contributed by atoms with Crippen LogP contribution in [-0.4, -0.2) is 45.7 Å². The van der Waals surface area contributed by atoms with Crippen LogP contribution in [0.3, 0.4) is 0 Å². The maximum absolute atomic E-state index is 12.3. The van der Waals surface area contributed by atoms with Crippen LogP contribution in [0.25, 0.3) is 17.2 Å². The third-order valence-corrected chi connectivity index (χ3v) is 5.42. The van der Waals surface area contributed by atoms with Crippen LogP contribution in [0.1, 0.15) is 67.2 Å². The van der Waals surface area contributed by atoms with Crippen molar-refractivity contribution in [3.8, 4) is 17.2 Å². The number of aromatic amines is 1. The molecule has 0 aliphatic carbocycles. The van der Waals surface area contributed by atoms with E-state index in [1.807, 2.05) is 30.7 Å². The number of unbranched alkanes of at least 4 members (excludes halogenated alkanes) is 1. The number of aryl methyl sites for hydroxylation is 2. The number of H-pyrrole nitrogens is 1. The van der Waals surface area contributed by atoms with E-state index in [0.717, 1.165) is 54.1 Å². The van der Waals surface area contributed by atoms with Crippen LogP contribution in [0.15, 0.2) is 36.4 Å². The number of nitrogens with zero attached hydrogens (tertiary/aromatic N) is 7. The van der Waals surface area contributed by atoms with E-state index in [0.29, 0.717) is 24.6 Å². The third kappa shape index (κ3) is 4.51. The van der Waals surface area contributed by atoms with Crippen molar-refractivity contribution < 1.29 is 4.79 Å². The summed E-state index contributed by atoms with van der Waals surface area (Å²) in [5.41, 5.74) is 4.10.